The van der Waals surface area contributed by atoms with Crippen molar-refractivity contribution in [3.8, 4) is 5.69 Å². The van der Waals surface area contributed by atoms with Gasteiger partial charge < -0.3 is 11.1 Å². The predicted octanol–water partition coefficient (Wildman–Crippen LogP) is 1.71. The van der Waals surface area contributed by atoms with Gasteiger partial charge in [0.15, 0.2) is 0 Å². The van der Waals surface area contributed by atoms with E-state index in [9.17, 15) is 9.18 Å². The average Bonchev–Trinajstić information content (AvgIpc) is 2.74. The summed E-state index contributed by atoms with van der Waals surface area (Å²) < 4.78 is 14.6. The van der Waals surface area contributed by atoms with Crippen molar-refractivity contribution in [3.05, 3.63) is 47.0 Å². The van der Waals surface area contributed by atoms with Gasteiger partial charge in [-0.2, -0.15) is 5.10 Å². The van der Waals surface area contributed by atoms with Gasteiger partial charge in [0.2, 0.25) is 0 Å². The molecule has 112 valence electrons. The Morgan fingerprint density at radius 1 is 1.38 bits per heavy atom. The number of carbonyl (C=O) groups is 1. The van der Waals surface area contributed by atoms with E-state index < -0.39 is 0 Å². The Hall–Kier alpha value is -2.21. The van der Waals surface area contributed by atoms with Crippen molar-refractivity contribution in [2.24, 2.45) is 5.73 Å². The number of carbonyl (C=O) groups excluding carboxylic acids is 1. The summed E-state index contributed by atoms with van der Waals surface area (Å²) in [6.07, 6.45) is 0. The minimum atomic E-state index is -0.310. The average molecular weight is 290 g/mol. The minimum Gasteiger partial charge on any atom is -0.348 e. The van der Waals surface area contributed by atoms with E-state index in [1.54, 1.807) is 23.7 Å². The minimum absolute atomic E-state index is 0.106. The van der Waals surface area contributed by atoms with Gasteiger partial charge in [-0.15, -0.1) is 0 Å². The number of hydrogen-bond acceptors (Lipinski definition) is 3. The number of nitrogens with two attached hydrogens (primary N) is 1. The second kappa shape index (κ2) is 6.05. The van der Waals surface area contributed by atoms with Crippen molar-refractivity contribution >= 4 is 5.91 Å². The van der Waals surface area contributed by atoms with Gasteiger partial charge in [0, 0.05) is 12.6 Å². The Bertz CT molecular complexity index is 648. The smallest absolute Gasteiger partial charge is 0.255 e. The number of benzene rings is 1. The van der Waals surface area contributed by atoms with Crippen molar-refractivity contribution in [3.63, 3.8) is 0 Å². The maximum atomic E-state index is 13.0. The molecule has 1 aromatic heterocycles. The van der Waals surface area contributed by atoms with Crippen LogP contribution < -0.4 is 11.1 Å². The zero-order chi connectivity index (χ0) is 15.6. The van der Waals surface area contributed by atoms with E-state index in [2.05, 4.69) is 10.4 Å². The number of nitrogens with one attached hydrogen (secondary N) is 1. The third kappa shape index (κ3) is 3.11. The van der Waals surface area contributed by atoms with Crippen LogP contribution in [0, 0.1) is 19.7 Å². The highest BCUT2D eigenvalue weighted by atomic mass is 19.1. The van der Waals surface area contributed by atoms with Gasteiger partial charge in [0.05, 0.1) is 22.6 Å². The molecule has 0 radical (unpaired) electrons. The molecule has 1 atom stereocenters. The molecule has 2 rings (SSSR count). The number of halogens is 1. The van der Waals surface area contributed by atoms with Crippen LogP contribution in [0.5, 0.6) is 0 Å². The summed E-state index contributed by atoms with van der Waals surface area (Å²) in [5.41, 5.74) is 8.09. The highest BCUT2D eigenvalue weighted by Crippen LogP contribution is 2.18. The lowest BCUT2D eigenvalue weighted by Crippen LogP contribution is -2.38. The zero-order valence-corrected chi connectivity index (χ0v) is 12.4. The van der Waals surface area contributed by atoms with E-state index in [0.29, 0.717) is 29.2 Å². The highest BCUT2D eigenvalue weighted by Gasteiger charge is 2.20. The summed E-state index contributed by atoms with van der Waals surface area (Å²) in [7, 11) is 0. The van der Waals surface area contributed by atoms with Crippen molar-refractivity contribution < 1.29 is 9.18 Å². The molecule has 0 saturated heterocycles. The molecule has 0 aliphatic rings. The first-order valence-corrected chi connectivity index (χ1v) is 6.77. The third-order valence-electron chi connectivity index (χ3n) is 3.32. The fourth-order valence-corrected chi connectivity index (χ4v) is 2.16. The molecule has 0 saturated carbocycles. The molecule has 0 fully saturated rings. The molecule has 0 bridgehead atoms. The SMILES string of the molecule is Cc1nn(-c2ccc(F)cc2)c(C)c1C(=O)N[C@@H](C)CN. The van der Waals surface area contributed by atoms with Crippen LogP contribution in [0.1, 0.15) is 28.7 Å². The van der Waals surface area contributed by atoms with E-state index in [0.717, 1.165) is 0 Å². The fraction of sp³-hybridized carbons (Fsp3) is 0.333. The molecule has 3 N–H and O–H groups in total. The standard InChI is InChI=1S/C15H19FN4O/c1-9(8-17)18-15(21)14-10(2)19-20(11(14)3)13-6-4-12(16)5-7-13/h4-7,9H,8,17H2,1-3H3,(H,18,21)/t9-/m0/s1. The van der Waals surface area contributed by atoms with Gasteiger partial charge in [-0.05, 0) is 45.0 Å². The molecule has 1 amide bonds. The Morgan fingerprint density at radius 2 is 2.00 bits per heavy atom. The quantitative estimate of drug-likeness (QED) is 0.900. The van der Waals surface area contributed by atoms with Crippen LogP contribution in [0.3, 0.4) is 0 Å². The summed E-state index contributed by atoms with van der Waals surface area (Å²) in [4.78, 5) is 12.3. The monoisotopic (exact) mass is 290 g/mol. The lowest BCUT2D eigenvalue weighted by Gasteiger charge is -2.11. The van der Waals surface area contributed by atoms with Gasteiger partial charge in [0.1, 0.15) is 5.82 Å². The van der Waals surface area contributed by atoms with Crippen LogP contribution in [0.2, 0.25) is 0 Å². The van der Waals surface area contributed by atoms with Crippen LogP contribution in [-0.2, 0) is 0 Å². The number of rotatable bonds is 4. The second-order valence-corrected chi connectivity index (χ2v) is 5.04. The van der Waals surface area contributed by atoms with E-state index in [1.165, 1.54) is 12.1 Å². The maximum absolute atomic E-state index is 13.0. The molecule has 0 unspecified atom stereocenters. The van der Waals surface area contributed by atoms with Gasteiger partial charge >= 0.3 is 0 Å². The van der Waals surface area contributed by atoms with Crippen LogP contribution >= 0.6 is 0 Å². The second-order valence-electron chi connectivity index (χ2n) is 5.04. The molecular formula is C15H19FN4O. The van der Waals surface area contributed by atoms with Crippen LogP contribution in [0.25, 0.3) is 5.69 Å². The molecule has 0 aliphatic heterocycles. The lowest BCUT2D eigenvalue weighted by atomic mass is 10.1. The molecule has 6 heteroatoms. The Morgan fingerprint density at radius 3 is 2.57 bits per heavy atom. The number of aryl methyl sites for hydroxylation is 1. The highest BCUT2D eigenvalue weighted by molar-refractivity contribution is 5.96. The topological polar surface area (TPSA) is 72.9 Å². The van der Waals surface area contributed by atoms with Gasteiger partial charge in [-0.3, -0.25) is 4.79 Å². The molecule has 2 aromatic rings. The summed E-state index contributed by atoms with van der Waals surface area (Å²) in [5.74, 6) is -0.508. The van der Waals surface area contributed by atoms with Crippen molar-refractivity contribution in [1.82, 2.24) is 15.1 Å². The zero-order valence-electron chi connectivity index (χ0n) is 12.4. The van der Waals surface area contributed by atoms with E-state index in [1.807, 2.05) is 13.8 Å². The Labute approximate surface area is 123 Å². The number of nitrogens with zero attached hydrogens (tertiary/aromatic N) is 2. The first-order chi connectivity index (χ1) is 9.93. The molecular weight excluding hydrogens is 271 g/mol. The van der Waals surface area contributed by atoms with E-state index in [4.69, 9.17) is 5.73 Å². The number of amides is 1. The van der Waals surface area contributed by atoms with Crippen molar-refractivity contribution in [2.45, 2.75) is 26.8 Å². The van der Waals surface area contributed by atoms with Gasteiger partial charge in [-0.25, -0.2) is 9.07 Å². The van der Waals surface area contributed by atoms with Crippen LogP contribution in [0.15, 0.2) is 24.3 Å². The molecule has 1 aromatic carbocycles. The first-order valence-electron chi connectivity index (χ1n) is 6.77. The van der Waals surface area contributed by atoms with Crippen LogP contribution in [-0.4, -0.2) is 28.3 Å². The normalized spacial score (nSPS) is 12.2. The number of hydrogen-bond donors (Lipinski definition) is 2. The first kappa shape index (κ1) is 15.2. The summed E-state index contributed by atoms with van der Waals surface area (Å²) in [6.45, 7) is 5.79. The molecule has 5 nitrogen and oxygen atoms in total. The third-order valence-corrected chi connectivity index (χ3v) is 3.32. The van der Waals surface area contributed by atoms with Gasteiger partial charge in [-0.1, -0.05) is 0 Å². The van der Waals surface area contributed by atoms with Crippen molar-refractivity contribution in [2.75, 3.05) is 6.54 Å². The fourth-order valence-electron chi connectivity index (χ4n) is 2.16. The summed E-state index contributed by atoms with van der Waals surface area (Å²) in [5, 5.41) is 7.19. The lowest BCUT2D eigenvalue weighted by molar-refractivity contribution is 0.0940. The largest absolute Gasteiger partial charge is 0.348 e. The summed E-state index contributed by atoms with van der Waals surface area (Å²) in [6, 6.07) is 5.87. The van der Waals surface area contributed by atoms with Crippen molar-refractivity contribution in [1.29, 1.82) is 0 Å². The predicted molar refractivity (Wildman–Crippen MR) is 79.0 cm³/mol. The maximum Gasteiger partial charge on any atom is 0.255 e. The number of aromatic nitrogens is 2. The molecule has 21 heavy (non-hydrogen) atoms. The van der Waals surface area contributed by atoms with E-state index in [-0.39, 0.29) is 17.8 Å². The van der Waals surface area contributed by atoms with Gasteiger partial charge in [0.25, 0.3) is 5.91 Å². The summed E-state index contributed by atoms with van der Waals surface area (Å²) >= 11 is 0. The Kier molecular flexibility index (Phi) is 4.37. The molecule has 0 spiro atoms. The van der Waals surface area contributed by atoms with Crippen LogP contribution in [0.4, 0.5) is 4.39 Å². The Balaban J connectivity index is 2.37. The van der Waals surface area contributed by atoms with E-state index >= 15 is 0 Å². The molecule has 1 heterocycles. The molecule has 0 aliphatic carbocycles.